The quantitative estimate of drug-likeness (QED) is 0.268. The van der Waals surface area contributed by atoms with Gasteiger partial charge in [0.25, 0.3) is 5.69 Å². The van der Waals surface area contributed by atoms with Crippen LogP contribution in [-0.4, -0.2) is 10.0 Å². The smallest absolute Gasteiger partial charge is 0.269 e. The average molecular weight is 459 g/mol. The highest BCUT2D eigenvalue weighted by molar-refractivity contribution is 5.79. The highest BCUT2D eigenvalue weighted by Gasteiger charge is 2.11. The van der Waals surface area contributed by atoms with Crippen molar-refractivity contribution in [2.75, 3.05) is 0 Å². The minimum absolute atomic E-state index is 0.0242. The van der Waals surface area contributed by atoms with Gasteiger partial charge in [0.2, 0.25) is 11.0 Å². The monoisotopic (exact) mass is 458 g/mol. The number of nitro groups is 1. The Bertz CT molecular complexity index is 1290. The minimum atomic E-state index is -4.94. The maximum absolute atomic E-state index is 10.8. The van der Waals surface area contributed by atoms with Crippen LogP contribution in [0.25, 0.3) is 22.3 Å². The Morgan fingerprint density at radius 2 is 1.50 bits per heavy atom. The van der Waals surface area contributed by atoms with Gasteiger partial charge in [0.15, 0.2) is 0 Å². The van der Waals surface area contributed by atoms with Gasteiger partial charge in [0.05, 0.1) is 16.4 Å². The molecule has 3 aromatic carbocycles. The van der Waals surface area contributed by atoms with Crippen LogP contribution >= 0.6 is 0 Å². The molecule has 4 aromatic rings. The molecule has 1 heterocycles. The molecule has 0 atom stereocenters. The molecule has 0 amide bonds. The Labute approximate surface area is 182 Å². The largest absolute Gasteiger partial charge is 0.508 e. The molecule has 10 nitrogen and oxygen atoms in total. The van der Waals surface area contributed by atoms with Gasteiger partial charge in [-0.25, -0.2) is 23.6 Å². The lowest BCUT2D eigenvalue weighted by Gasteiger charge is -2.17. The van der Waals surface area contributed by atoms with Crippen molar-refractivity contribution in [2.45, 2.75) is 0 Å². The molecule has 0 aliphatic carbocycles. The topological polar surface area (TPSA) is 183 Å². The summed E-state index contributed by atoms with van der Waals surface area (Å²) in [5, 5.41) is 22.1. The van der Waals surface area contributed by atoms with Gasteiger partial charge < -0.3 is 9.52 Å². The number of rotatable bonds is 3. The van der Waals surface area contributed by atoms with Crippen LogP contribution < -0.4 is 29.0 Å². The third-order valence-electron chi connectivity index (χ3n) is 4.16. The first-order valence-electron chi connectivity index (χ1n) is 8.89. The van der Waals surface area contributed by atoms with Crippen molar-refractivity contribution < 1.29 is 48.3 Å². The molecule has 11 heteroatoms. The molecule has 0 spiro atoms. The van der Waals surface area contributed by atoms with E-state index in [1.807, 2.05) is 36.4 Å². The highest BCUT2D eigenvalue weighted by Crippen LogP contribution is 2.23. The number of aromatic hydroxyl groups is 1. The van der Waals surface area contributed by atoms with Crippen LogP contribution in [0.2, 0.25) is 0 Å². The average Bonchev–Trinajstić information content (AvgIpc) is 2.74. The molecule has 164 valence electrons. The molecular formula is C21H15ClN2O8. The van der Waals surface area contributed by atoms with Crippen LogP contribution in [0.5, 0.6) is 5.75 Å². The summed E-state index contributed by atoms with van der Waals surface area (Å²) in [5.41, 5.74) is 2.24. The molecule has 0 radical (unpaired) electrons. The summed E-state index contributed by atoms with van der Waals surface area (Å²) in [7, 11) is -4.94. The fraction of sp³-hybridized carbons (Fsp3) is 0. The van der Waals surface area contributed by atoms with Crippen molar-refractivity contribution in [1.82, 2.24) is 0 Å². The Kier molecular flexibility index (Phi) is 6.83. The van der Waals surface area contributed by atoms with E-state index >= 15 is 0 Å². The van der Waals surface area contributed by atoms with E-state index in [4.69, 9.17) is 23.1 Å². The molecule has 2 N–H and O–H groups in total. The maximum Gasteiger partial charge on any atom is 0.269 e. The number of hydrogen-bond donors (Lipinski definition) is 2. The van der Waals surface area contributed by atoms with Crippen molar-refractivity contribution in [2.24, 2.45) is 0 Å². The molecule has 0 aliphatic rings. The zero-order chi connectivity index (χ0) is 23.3. The second-order valence-corrected chi connectivity index (χ2v) is 7.13. The zero-order valence-electron chi connectivity index (χ0n) is 16.1. The van der Waals surface area contributed by atoms with Crippen LogP contribution in [-0.2, 0) is 0 Å². The van der Waals surface area contributed by atoms with Gasteiger partial charge in [0, 0.05) is 29.8 Å². The Hall–Kier alpha value is -3.80. The van der Waals surface area contributed by atoms with Crippen LogP contribution in [0, 0.1) is 20.4 Å². The summed E-state index contributed by atoms with van der Waals surface area (Å²) < 4.78 is 40.0. The summed E-state index contributed by atoms with van der Waals surface area (Å²) in [4.78, 5) is 13.6. The van der Waals surface area contributed by atoms with Crippen LogP contribution in [0.15, 0.2) is 83.3 Å². The number of phenolic OH excluding ortho intramolecular Hbond substituents is 1. The Morgan fingerprint density at radius 1 is 0.875 bits per heavy atom. The van der Waals surface area contributed by atoms with Crippen molar-refractivity contribution >= 4 is 22.3 Å². The highest BCUT2D eigenvalue weighted by atomic mass is 35.7. The van der Waals surface area contributed by atoms with Crippen molar-refractivity contribution in [3.8, 4) is 17.1 Å². The van der Waals surface area contributed by atoms with Crippen molar-refractivity contribution in [3.05, 3.63) is 94.3 Å². The lowest BCUT2D eigenvalue weighted by molar-refractivity contribution is -2.00. The second-order valence-electron chi connectivity index (χ2n) is 6.38. The van der Waals surface area contributed by atoms with Gasteiger partial charge in [-0.05, 0) is 18.2 Å². The number of benzene rings is 3. The molecular weight excluding hydrogens is 444 g/mol. The molecule has 0 saturated heterocycles. The molecule has 0 bridgehead atoms. The first-order valence-corrected chi connectivity index (χ1v) is 10.1. The molecule has 0 saturated carbocycles. The van der Waals surface area contributed by atoms with Crippen LogP contribution in [0.1, 0.15) is 0 Å². The number of nitrogens with one attached hydrogen (secondary N) is 1. The molecule has 1 aromatic heterocycles. The zero-order valence-corrected chi connectivity index (χ0v) is 16.9. The molecule has 0 fully saturated rings. The number of nitro benzene ring substituents is 1. The summed E-state index contributed by atoms with van der Waals surface area (Å²) in [6.07, 6.45) is 0. The molecule has 32 heavy (non-hydrogen) atoms. The number of non-ortho nitro benzene ring substituents is 1. The summed E-state index contributed by atoms with van der Waals surface area (Å²) in [5.74, 6) is 0.787. The Morgan fingerprint density at radius 3 is 2.09 bits per heavy atom. The van der Waals surface area contributed by atoms with Crippen LogP contribution in [0.3, 0.4) is 0 Å². The van der Waals surface area contributed by atoms with Gasteiger partial charge in [-0.3, -0.25) is 10.1 Å². The summed E-state index contributed by atoms with van der Waals surface area (Å²) in [6, 6.07) is 22.6. The van der Waals surface area contributed by atoms with E-state index in [1.165, 1.54) is 12.1 Å². The maximum atomic E-state index is 10.8. The summed E-state index contributed by atoms with van der Waals surface area (Å²) in [6.45, 7) is 0. The SMILES string of the molecule is O=[N+]([O-])c1ccc([NH+]=c2cc(-c3ccccc3)oc3ccc(O)cc23)cc1.[O-][Cl+3]([O-])([O-])[O-]. The van der Waals surface area contributed by atoms with E-state index in [-0.39, 0.29) is 11.4 Å². The van der Waals surface area contributed by atoms with Gasteiger partial charge in [-0.15, -0.1) is 10.2 Å². The fourth-order valence-electron chi connectivity index (χ4n) is 2.84. The normalized spacial score (nSPS) is 11.7. The van der Waals surface area contributed by atoms with E-state index in [1.54, 1.807) is 30.3 Å². The van der Waals surface area contributed by atoms with Crippen molar-refractivity contribution in [1.29, 1.82) is 0 Å². The number of halogens is 1. The van der Waals surface area contributed by atoms with E-state index < -0.39 is 15.2 Å². The number of fused-ring (bicyclic) bond motifs is 1. The number of hydrogen-bond acceptors (Lipinski definition) is 8. The van der Waals surface area contributed by atoms with Gasteiger partial charge in [-0.1, -0.05) is 30.3 Å². The first kappa shape index (κ1) is 22.9. The van der Waals surface area contributed by atoms with E-state index in [9.17, 15) is 15.2 Å². The predicted octanol–water partition coefficient (Wildman–Crippen LogP) is -1.73. The number of nitrogens with zero attached hydrogens (tertiary/aromatic N) is 1. The minimum Gasteiger partial charge on any atom is -0.508 e. The van der Waals surface area contributed by atoms with Crippen LogP contribution in [0.4, 0.5) is 11.4 Å². The fourth-order valence-corrected chi connectivity index (χ4v) is 2.84. The van der Waals surface area contributed by atoms with Crippen molar-refractivity contribution in [3.63, 3.8) is 0 Å². The molecule has 4 rings (SSSR count). The van der Waals surface area contributed by atoms with E-state index in [2.05, 4.69) is 4.99 Å². The summed E-state index contributed by atoms with van der Waals surface area (Å²) >= 11 is 0. The lowest BCUT2D eigenvalue weighted by atomic mass is 10.1. The Balaban J connectivity index is 0.000000523. The standard InChI is InChI=1S/C21H14N2O4.ClHO4/c24-17-10-11-20-18(12-17)19(13-21(27-20)14-4-2-1-3-5-14)22-15-6-8-16(9-7-15)23(25)26;2-1(3,4)5/h1-13,24H;(H,2,3,4,5). The lowest BCUT2D eigenvalue weighted by Crippen LogP contribution is -2.70. The first-order chi connectivity index (χ1) is 15.1. The van der Waals surface area contributed by atoms with E-state index in [0.717, 1.165) is 10.9 Å². The molecule has 0 unspecified atom stereocenters. The van der Waals surface area contributed by atoms with Gasteiger partial charge >= 0.3 is 0 Å². The van der Waals surface area contributed by atoms with Gasteiger partial charge in [0.1, 0.15) is 17.1 Å². The third kappa shape index (κ3) is 6.35. The predicted molar refractivity (Wildman–Crippen MR) is 100 cm³/mol. The molecule has 0 aliphatic heterocycles. The second kappa shape index (κ2) is 9.56. The number of phenols is 1. The van der Waals surface area contributed by atoms with E-state index in [0.29, 0.717) is 22.4 Å². The third-order valence-corrected chi connectivity index (χ3v) is 4.16. The van der Waals surface area contributed by atoms with Gasteiger partial charge in [-0.2, -0.15) is 0 Å².